The van der Waals surface area contributed by atoms with Crippen molar-refractivity contribution < 1.29 is 0 Å². The van der Waals surface area contributed by atoms with Crippen LogP contribution in [0.2, 0.25) is 5.15 Å². The summed E-state index contributed by atoms with van der Waals surface area (Å²) in [4.78, 5) is 10.3. The minimum absolute atomic E-state index is 0.125. The zero-order chi connectivity index (χ0) is 11.5. The molecule has 16 heavy (non-hydrogen) atoms. The van der Waals surface area contributed by atoms with Crippen LogP contribution in [0.5, 0.6) is 0 Å². The van der Waals surface area contributed by atoms with Gasteiger partial charge in [0, 0.05) is 13.0 Å². The van der Waals surface area contributed by atoms with Gasteiger partial charge in [-0.05, 0) is 0 Å². The molecule has 1 aliphatic rings. The Bertz CT molecular complexity index is 418. The van der Waals surface area contributed by atoms with Gasteiger partial charge in [0.25, 0.3) is 0 Å². The third-order valence-corrected chi connectivity index (χ3v) is 2.74. The van der Waals surface area contributed by atoms with Crippen LogP contribution in [0.3, 0.4) is 0 Å². The van der Waals surface area contributed by atoms with Crippen molar-refractivity contribution in [2.75, 3.05) is 16.8 Å². The lowest BCUT2D eigenvalue weighted by molar-refractivity contribution is 0.709. The minimum atomic E-state index is 0.125. The number of nitrogens with one attached hydrogen (secondary N) is 1. The fraction of sp³-hybridized carbons (Fsp3) is 0.273. The zero-order valence-electron chi connectivity index (χ0n) is 8.86. The summed E-state index contributed by atoms with van der Waals surface area (Å²) >= 11 is 6.01. The van der Waals surface area contributed by atoms with E-state index in [4.69, 9.17) is 11.6 Å². The van der Waals surface area contributed by atoms with Crippen molar-refractivity contribution in [3.8, 4) is 0 Å². The third kappa shape index (κ3) is 1.76. The quantitative estimate of drug-likeness (QED) is 0.644. The second kappa shape index (κ2) is 4.53. The summed E-state index contributed by atoms with van der Waals surface area (Å²) in [5.41, 5.74) is 0.790. The van der Waals surface area contributed by atoms with Gasteiger partial charge in [-0.25, -0.2) is 9.97 Å². The van der Waals surface area contributed by atoms with Crippen molar-refractivity contribution in [1.82, 2.24) is 9.97 Å². The van der Waals surface area contributed by atoms with E-state index in [0.29, 0.717) is 11.7 Å². The van der Waals surface area contributed by atoms with Crippen LogP contribution in [0.4, 0.5) is 11.5 Å². The fourth-order valence-electron chi connectivity index (χ4n) is 1.79. The lowest BCUT2D eigenvalue weighted by Crippen LogP contribution is -2.35. The van der Waals surface area contributed by atoms with E-state index in [2.05, 4.69) is 33.3 Å². The van der Waals surface area contributed by atoms with Crippen molar-refractivity contribution in [2.45, 2.75) is 12.6 Å². The average molecular weight is 237 g/mol. The van der Waals surface area contributed by atoms with Gasteiger partial charge >= 0.3 is 0 Å². The van der Waals surface area contributed by atoms with E-state index in [1.807, 2.05) is 12.2 Å². The third-order valence-electron chi connectivity index (χ3n) is 2.46. The summed E-state index contributed by atoms with van der Waals surface area (Å²) in [5.74, 6) is 0.826. The van der Waals surface area contributed by atoms with Crippen molar-refractivity contribution in [3.63, 3.8) is 0 Å². The van der Waals surface area contributed by atoms with Crippen molar-refractivity contribution >= 4 is 23.1 Å². The molecule has 84 valence electrons. The van der Waals surface area contributed by atoms with Gasteiger partial charge in [0.15, 0.2) is 11.0 Å². The van der Waals surface area contributed by atoms with Gasteiger partial charge < -0.3 is 10.2 Å². The first-order valence-corrected chi connectivity index (χ1v) is 5.41. The lowest BCUT2D eigenvalue weighted by atomic mass is 10.3. The molecule has 2 rings (SSSR count). The Hall–Kier alpha value is -1.55. The van der Waals surface area contributed by atoms with Crippen LogP contribution in [0, 0.1) is 0 Å². The molecule has 5 heteroatoms. The van der Waals surface area contributed by atoms with Gasteiger partial charge in [-0.3, -0.25) is 0 Å². The summed E-state index contributed by atoms with van der Waals surface area (Å²) in [5, 5.41) is 3.74. The number of anilines is 2. The summed E-state index contributed by atoms with van der Waals surface area (Å²) < 4.78 is 0. The van der Waals surface area contributed by atoms with Crippen LogP contribution in [-0.4, -0.2) is 22.7 Å². The summed E-state index contributed by atoms with van der Waals surface area (Å²) in [6.07, 6.45) is 6.10. The van der Waals surface area contributed by atoms with Crippen LogP contribution in [0.1, 0.15) is 6.42 Å². The maximum atomic E-state index is 6.01. The Kier molecular flexibility index (Phi) is 3.10. The Labute approximate surface area is 99.7 Å². The highest BCUT2D eigenvalue weighted by Crippen LogP contribution is 2.37. The van der Waals surface area contributed by atoms with Gasteiger partial charge in [0.2, 0.25) is 0 Å². The topological polar surface area (TPSA) is 41.1 Å². The molecule has 1 aromatic heterocycles. The van der Waals surface area contributed by atoms with Gasteiger partial charge in [0.1, 0.15) is 18.2 Å². The molecule has 1 aliphatic heterocycles. The zero-order valence-corrected chi connectivity index (χ0v) is 9.61. The molecule has 0 saturated heterocycles. The SMILES string of the molecule is C=CCC1Nc2c(Cl)ncnc2N1CC=C. The summed E-state index contributed by atoms with van der Waals surface area (Å²) in [6, 6.07) is 0. The number of rotatable bonds is 4. The van der Waals surface area contributed by atoms with Gasteiger partial charge in [-0.15, -0.1) is 13.2 Å². The molecule has 0 aliphatic carbocycles. The van der Waals surface area contributed by atoms with Crippen LogP contribution < -0.4 is 10.2 Å². The first kappa shape index (κ1) is 11.0. The molecule has 1 atom stereocenters. The molecule has 1 unspecified atom stereocenters. The average Bonchev–Trinajstić information content (AvgIpc) is 2.61. The highest BCUT2D eigenvalue weighted by Gasteiger charge is 2.30. The van der Waals surface area contributed by atoms with Crippen molar-refractivity contribution in [1.29, 1.82) is 0 Å². The molecule has 2 heterocycles. The predicted molar refractivity (Wildman–Crippen MR) is 66.8 cm³/mol. The summed E-state index contributed by atoms with van der Waals surface area (Å²) in [7, 11) is 0. The Morgan fingerprint density at radius 3 is 2.94 bits per heavy atom. The van der Waals surface area contributed by atoms with E-state index in [1.165, 1.54) is 6.33 Å². The summed E-state index contributed by atoms with van der Waals surface area (Å²) in [6.45, 7) is 8.20. The Balaban J connectivity index is 2.36. The van der Waals surface area contributed by atoms with E-state index >= 15 is 0 Å². The van der Waals surface area contributed by atoms with E-state index in [1.54, 1.807) is 0 Å². The highest BCUT2D eigenvalue weighted by atomic mass is 35.5. The van der Waals surface area contributed by atoms with Crippen LogP contribution in [-0.2, 0) is 0 Å². The second-order valence-corrected chi connectivity index (χ2v) is 3.85. The second-order valence-electron chi connectivity index (χ2n) is 3.49. The lowest BCUT2D eigenvalue weighted by Gasteiger charge is -2.23. The molecule has 0 radical (unpaired) electrons. The maximum absolute atomic E-state index is 6.01. The van der Waals surface area contributed by atoms with Gasteiger partial charge in [-0.1, -0.05) is 23.8 Å². The monoisotopic (exact) mass is 236 g/mol. The first-order valence-electron chi connectivity index (χ1n) is 5.03. The molecule has 0 amide bonds. The smallest absolute Gasteiger partial charge is 0.159 e. The molecule has 1 aromatic rings. The van der Waals surface area contributed by atoms with E-state index < -0.39 is 0 Å². The van der Waals surface area contributed by atoms with E-state index in [0.717, 1.165) is 17.9 Å². The molecule has 0 bridgehead atoms. The normalized spacial score (nSPS) is 17.8. The first-order chi connectivity index (χ1) is 7.77. The van der Waals surface area contributed by atoms with E-state index in [-0.39, 0.29) is 6.17 Å². The van der Waals surface area contributed by atoms with Crippen molar-refractivity contribution in [2.24, 2.45) is 0 Å². The maximum Gasteiger partial charge on any atom is 0.159 e. The Morgan fingerprint density at radius 1 is 1.44 bits per heavy atom. The number of hydrogen-bond acceptors (Lipinski definition) is 4. The molecule has 1 N–H and O–H groups in total. The highest BCUT2D eigenvalue weighted by molar-refractivity contribution is 6.32. The Morgan fingerprint density at radius 2 is 2.25 bits per heavy atom. The largest absolute Gasteiger partial charge is 0.359 e. The molecule has 4 nitrogen and oxygen atoms in total. The predicted octanol–water partition coefficient (Wildman–Crippen LogP) is 2.45. The standard InChI is InChI=1S/C11H13ClN4/c1-3-5-8-15-9-10(12)13-7-14-11(9)16(8)6-4-2/h3-4,7-8,15H,1-2,5-6H2. The van der Waals surface area contributed by atoms with Gasteiger partial charge in [0.05, 0.1) is 0 Å². The fourth-order valence-corrected chi connectivity index (χ4v) is 1.97. The number of hydrogen-bond donors (Lipinski definition) is 1. The molecule has 0 aromatic carbocycles. The van der Waals surface area contributed by atoms with Gasteiger partial charge in [-0.2, -0.15) is 0 Å². The number of fused-ring (bicyclic) bond motifs is 1. The van der Waals surface area contributed by atoms with Crippen LogP contribution in [0.15, 0.2) is 31.6 Å². The molecule has 0 fully saturated rings. The minimum Gasteiger partial charge on any atom is -0.359 e. The molecule has 0 saturated carbocycles. The molecular weight excluding hydrogens is 224 g/mol. The molecular formula is C11H13ClN4. The van der Waals surface area contributed by atoms with Crippen LogP contribution in [0.25, 0.3) is 0 Å². The number of aromatic nitrogens is 2. The van der Waals surface area contributed by atoms with Crippen LogP contribution >= 0.6 is 11.6 Å². The number of nitrogens with zero attached hydrogens (tertiary/aromatic N) is 3. The molecule has 0 spiro atoms. The number of halogens is 1. The van der Waals surface area contributed by atoms with Crippen molar-refractivity contribution in [3.05, 3.63) is 36.8 Å². The van der Waals surface area contributed by atoms with E-state index in [9.17, 15) is 0 Å².